The lowest BCUT2D eigenvalue weighted by Gasteiger charge is -2.43. The van der Waals surface area contributed by atoms with Gasteiger partial charge in [0.15, 0.2) is 5.54 Å². The highest BCUT2D eigenvalue weighted by molar-refractivity contribution is 6.23. The average molecular weight is 468 g/mol. The zero-order valence-electron chi connectivity index (χ0n) is 20.1. The van der Waals surface area contributed by atoms with Crippen LogP contribution in [0.1, 0.15) is 128 Å². The van der Waals surface area contributed by atoms with Crippen molar-refractivity contribution in [2.75, 3.05) is 0 Å². The maximum absolute atomic E-state index is 7.27. The topological polar surface area (TPSA) is 9.23 Å². The van der Waals surface area contributed by atoms with Gasteiger partial charge in [0.1, 0.15) is 0 Å². The summed E-state index contributed by atoms with van der Waals surface area (Å²) >= 11 is 14.5. The van der Waals surface area contributed by atoms with Crippen LogP contribution in [0.4, 0.5) is 0 Å². The molecule has 2 aliphatic carbocycles. The SMILES string of the molecule is CC(C)c1cccc(C(C)C)c1O[N+](Cl)(Cl)C1(/C2=C/CCCCCCC2)CCCCC1. The number of quaternary nitrogens is 1. The summed E-state index contributed by atoms with van der Waals surface area (Å²) in [7, 11) is 0. The number of nitrogens with zero attached hydrogens (tertiary/aromatic N) is 1. The fourth-order valence-corrected chi connectivity index (χ4v) is 6.16. The van der Waals surface area contributed by atoms with Crippen molar-refractivity contribution in [3.63, 3.8) is 0 Å². The average Bonchev–Trinajstić information content (AvgIpc) is 2.88. The third-order valence-electron chi connectivity index (χ3n) is 7.34. The van der Waals surface area contributed by atoms with Crippen molar-refractivity contribution in [3.05, 3.63) is 41.0 Å². The second kappa shape index (κ2) is 10.9. The molecule has 0 atom stereocenters. The molecular weight excluding hydrogens is 425 g/mol. The Kier molecular flexibility index (Phi) is 8.80. The van der Waals surface area contributed by atoms with Crippen LogP contribution in [0, 0.1) is 0 Å². The molecule has 0 aromatic heterocycles. The Morgan fingerprint density at radius 1 is 0.806 bits per heavy atom. The van der Waals surface area contributed by atoms with Gasteiger partial charge < -0.3 is 0 Å². The third-order valence-corrected chi connectivity index (χ3v) is 8.13. The molecule has 1 fully saturated rings. The van der Waals surface area contributed by atoms with Gasteiger partial charge in [-0.25, -0.2) is 0 Å². The first kappa shape index (κ1) is 24.9. The Labute approximate surface area is 200 Å². The molecule has 1 saturated carbocycles. The Hall–Kier alpha value is -0.700. The van der Waals surface area contributed by atoms with E-state index >= 15 is 0 Å². The summed E-state index contributed by atoms with van der Waals surface area (Å²) in [5.41, 5.74) is 3.45. The first-order chi connectivity index (χ1) is 14.8. The van der Waals surface area contributed by atoms with Gasteiger partial charge in [-0.3, -0.25) is 4.84 Å². The standard InChI is InChI=1S/C27H42Cl2NO/c1-21(2)24-17-14-18-25(22(3)4)26(24)31-30(28,29)27(19-12-9-13-20-27)23-15-10-7-5-6-8-11-16-23/h14-15,17-18,21-22H,5-13,16,19-20H2,1-4H3/q+1/b23-15+. The first-order valence-electron chi connectivity index (χ1n) is 12.6. The van der Waals surface area contributed by atoms with Crippen LogP contribution >= 0.6 is 23.6 Å². The van der Waals surface area contributed by atoms with Gasteiger partial charge in [-0.15, -0.1) is 0 Å². The quantitative estimate of drug-likeness (QED) is 0.230. The molecule has 2 nitrogen and oxygen atoms in total. The van der Waals surface area contributed by atoms with E-state index in [0.717, 1.165) is 44.3 Å². The second-order valence-corrected chi connectivity index (χ2v) is 11.4. The summed E-state index contributed by atoms with van der Waals surface area (Å²) in [5.74, 6) is 1.56. The summed E-state index contributed by atoms with van der Waals surface area (Å²) in [6, 6.07) is 6.45. The van der Waals surface area contributed by atoms with E-state index in [-0.39, 0.29) is 5.54 Å². The van der Waals surface area contributed by atoms with Gasteiger partial charge in [0.2, 0.25) is 29.3 Å². The van der Waals surface area contributed by atoms with Crippen LogP contribution in [-0.2, 0) is 0 Å². The number of hydrogen-bond donors (Lipinski definition) is 0. The van der Waals surface area contributed by atoms with Crippen LogP contribution < -0.4 is 4.84 Å². The van der Waals surface area contributed by atoms with E-state index in [2.05, 4.69) is 52.0 Å². The smallest absolute Gasteiger partial charge is 0.239 e. The molecule has 0 N–H and O–H groups in total. The molecule has 174 valence electrons. The van der Waals surface area contributed by atoms with E-state index in [1.807, 2.05) is 0 Å². The Morgan fingerprint density at radius 3 is 1.97 bits per heavy atom. The van der Waals surface area contributed by atoms with Crippen molar-refractivity contribution >= 4 is 23.6 Å². The van der Waals surface area contributed by atoms with E-state index in [4.69, 9.17) is 28.4 Å². The van der Waals surface area contributed by atoms with Gasteiger partial charge in [0.25, 0.3) is 0 Å². The Morgan fingerprint density at radius 2 is 1.35 bits per heavy atom. The number of allylic oxidation sites excluding steroid dienone is 1. The highest BCUT2D eigenvalue weighted by Crippen LogP contribution is 2.51. The molecule has 1 aromatic rings. The van der Waals surface area contributed by atoms with Gasteiger partial charge in [-0.1, -0.05) is 77.7 Å². The number of para-hydroxylation sites is 1. The Balaban J connectivity index is 2.04. The van der Waals surface area contributed by atoms with Gasteiger partial charge >= 0.3 is 0 Å². The van der Waals surface area contributed by atoms with E-state index in [9.17, 15) is 0 Å². The van der Waals surface area contributed by atoms with Crippen molar-refractivity contribution in [2.45, 2.75) is 122 Å². The molecule has 0 radical (unpaired) electrons. The molecule has 0 aliphatic heterocycles. The van der Waals surface area contributed by atoms with E-state index in [1.165, 1.54) is 55.2 Å². The minimum absolute atomic E-state index is 0.341. The number of benzene rings is 1. The summed E-state index contributed by atoms with van der Waals surface area (Å²) < 4.78 is -0.428. The molecule has 1 aromatic carbocycles. The molecule has 0 bridgehead atoms. The summed E-state index contributed by atoms with van der Waals surface area (Å²) in [6.45, 7) is 8.84. The lowest BCUT2D eigenvalue weighted by atomic mass is 9.75. The molecular formula is C27H42Cl2NO+. The molecule has 4 heteroatoms. The lowest BCUT2D eigenvalue weighted by Crippen LogP contribution is -2.56. The number of hydroxylamine groups is 1. The van der Waals surface area contributed by atoms with E-state index in [1.54, 1.807) is 0 Å². The molecule has 0 saturated heterocycles. The van der Waals surface area contributed by atoms with Gasteiger partial charge in [0.05, 0.1) is 3.68 Å². The molecule has 0 amide bonds. The molecule has 0 unspecified atom stereocenters. The predicted octanol–water partition coefficient (Wildman–Crippen LogP) is 9.73. The molecule has 2 aliphatic rings. The number of rotatable bonds is 6. The summed E-state index contributed by atoms with van der Waals surface area (Å²) in [6.07, 6.45) is 16.7. The molecule has 0 spiro atoms. The fourth-order valence-electron chi connectivity index (χ4n) is 5.47. The van der Waals surface area contributed by atoms with E-state index < -0.39 is 3.68 Å². The second-order valence-electron chi connectivity index (χ2n) is 10.3. The van der Waals surface area contributed by atoms with Gasteiger partial charge in [-0.05, 0) is 55.9 Å². The largest absolute Gasteiger partial charge is 0.275 e. The monoisotopic (exact) mass is 466 g/mol. The molecule has 31 heavy (non-hydrogen) atoms. The van der Waals surface area contributed by atoms with Crippen molar-refractivity contribution in [1.82, 2.24) is 0 Å². The zero-order chi connectivity index (χ0) is 22.5. The van der Waals surface area contributed by atoms with Crippen molar-refractivity contribution in [2.24, 2.45) is 0 Å². The highest BCUT2D eigenvalue weighted by atomic mass is 35.5. The maximum atomic E-state index is 7.27. The predicted molar refractivity (Wildman–Crippen MR) is 133 cm³/mol. The van der Waals surface area contributed by atoms with Crippen LogP contribution in [0.15, 0.2) is 29.8 Å². The minimum Gasteiger partial charge on any atom is -0.275 e. The Bertz CT molecular complexity index is 721. The van der Waals surface area contributed by atoms with E-state index in [0.29, 0.717) is 11.8 Å². The van der Waals surface area contributed by atoms with Gasteiger partial charge in [0, 0.05) is 24.0 Å². The normalized spacial score (nSPS) is 22.4. The number of halogens is 2. The minimum atomic E-state index is -0.428. The third kappa shape index (κ3) is 5.63. The first-order valence-corrected chi connectivity index (χ1v) is 13.3. The number of hydrogen-bond acceptors (Lipinski definition) is 1. The lowest BCUT2D eigenvalue weighted by molar-refractivity contribution is -0.927. The van der Waals surface area contributed by atoms with Crippen LogP contribution in [0.2, 0.25) is 0 Å². The van der Waals surface area contributed by atoms with Crippen LogP contribution in [0.3, 0.4) is 0 Å². The van der Waals surface area contributed by atoms with Crippen molar-refractivity contribution in [1.29, 1.82) is 0 Å². The van der Waals surface area contributed by atoms with Crippen LogP contribution in [0.25, 0.3) is 0 Å². The van der Waals surface area contributed by atoms with Crippen molar-refractivity contribution < 1.29 is 8.52 Å². The van der Waals surface area contributed by atoms with Crippen LogP contribution in [0.5, 0.6) is 5.75 Å². The maximum Gasteiger partial charge on any atom is 0.239 e. The molecule has 3 rings (SSSR count). The van der Waals surface area contributed by atoms with Crippen molar-refractivity contribution in [3.8, 4) is 5.75 Å². The highest BCUT2D eigenvalue weighted by Gasteiger charge is 2.58. The molecule has 0 heterocycles. The van der Waals surface area contributed by atoms with Gasteiger partial charge in [-0.2, -0.15) is 0 Å². The zero-order valence-corrected chi connectivity index (χ0v) is 21.6. The summed E-state index contributed by atoms with van der Waals surface area (Å²) in [5, 5.41) is 0. The van der Waals surface area contributed by atoms with Crippen LogP contribution in [-0.4, -0.2) is 9.22 Å². The fraction of sp³-hybridized carbons (Fsp3) is 0.704. The summed E-state index contributed by atoms with van der Waals surface area (Å²) in [4.78, 5) is 6.71.